The van der Waals surface area contributed by atoms with Crippen molar-refractivity contribution in [2.24, 2.45) is 0 Å². The quantitative estimate of drug-likeness (QED) is 0.680. The van der Waals surface area contributed by atoms with Crippen LogP contribution in [0.15, 0.2) is 24.3 Å². The third kappa shape index (κ3) is 2.95. The van der Waals surface area contributed by atoms with E-state index < -0.39 is 0 Å². The number of fused-ring (bicyclic) bond motifs is 1. The van der Waals surface area contributed by atoms with E-state index in [-0.39, 0.29) is 0 Å². The number of methoxy groups -OCH3 is 1. The molecule has 0 spiro atoms. The van der Waals surface area contributed by atoms with Gasteiger partial charge in [-0.25, -0.2) is 4.98 Å². The summed E-state index contributed by atoms with van der Waals surface area (Å²) in [6.07, 6.45) is 0. The molecule has 0 saturated carbocycles. The number of rotatable bonds is 4. The van der Waals surface area contributed by atoms with Crippen LogP contribution in [-0.4, -0.2) is 48.5 Å². The van der Waals surface area contributed by atoms with E-state index >= 15 is 0 Å². The maximum atomic E-state index is 5.25. The van der Waals surface area contributed by atoms with Gasteiger partial charge in [0, 0.05) is 32.2 Å². The highest BCUT2D eigenvalue weighted by molar-refractivity contribution is 7.22. The van der Waals surface area contributed by atoms with Gasteiger partial charge in [0.25, 0.3) is 0 Å². The number of nitrogens with one attached hydrogen (secondary N) is 3. The van der Waals surface area contributed by atoms with Crippen molar-refractivity contribution >= 4 is 38.3 Å². The topological polar surface area (TPSA) is 78.1 Å². The number of hydrogen-bond donors (Lipinski definition) is 3. The predicted molar refractivity (Wildman–Crippen MR) is 93.1 cm³/mol. The van der Waals surface area contributed by atoms with Crippen LogP contribution in [0, 0.1) is 0 Å². The van der Waals surface area contributed by atoms with Crippen LogP contribution in [0.4, 0.5) is 16.8 Å². The highest BCUT2D eigenvalue weighted by atomic mass is 32.1. The normalized spacial score (nSPS) is 15.1. The van der Waals surface area contributed by atoms with Gasteiger partial charge >= 0.3 is 0 Å². The van der Waals surface area contributed by atoms with E-state index in [9.17, 15) is 0 Å². The van der Waals surface area contributed by atoms with E-state index in [1.54, 1.807) is 18.4 Å². The standard InChI is InChI=1S/C15H18N6OS/c1-22-10-2-3-11-12(8-10)23-15(17-11)18-13-9-14(20-19-13)21-6-4-16-5-7-21/h2-3,8-9,16H,4-7H2,1H3,(H2,17,18,19,20). The summed E-state index contributed by atoms with van der Waals surface area (Å²) in [6.45, 7) is 3.95. The third-order valence-electron chi connectivity index (χ3n) is 3.84. The van der Waals surface area contributed by atoms with Gasteiger partial charge in [-0.15, -0.1) is 0 Å². The first kappa shape index (κ1) is 14.3. The number of H-pyrrole nitrogens is 1. The number of benzene rings is 1. The molecule has 1 aliphatic rings. The highest BCUT2D eigenvalue weighted by Crippen LogP contribution is 2.31. The van der Waals surface area contributed by atoms with Crippen molar-refractivity contribution in [2.75, 3.05) is 43.5 Å². The minimum absolute atomic E-state index is 0.837. The van der Waals surface area contributed by atoms with Gasteiger partial charge in [0.2, 0.25) is 0 Å². The predicted octanol–water partition coefficient (Wildman–Crippen LogP) is 2.18. The molecule has 0 aliphatic carbocycles. The van der Waals surface area contributed by atoms with Gasteiger partial charge in [0.15, 0.2) is 10.9 Å². The molecular formula is C15H18N6OS. The molecule has 0 bridgehead atoms. The van der Waals surface area contributed by atoms with Gasteiger partial charge in [-0.2, -0.15) is 5.10 Å². The molecule has 0 radical (unpaired) electrons. The first-order valence-corrected chi connectivity index (χ1v) is 8.36. The van der Waals surface area contributed by atoms with Gasteiger partial charge in [-0.05, 0) is 18.2 Å². The van der Waals surface area contributed by atoms with Crippen molar-refractivity contribution in [3.05, 3.63) is 24.3 Å². The lowest BCUT2D eigenvalue weighted by Crippen LogP contribution is -2.43. The molecule has 4 rings (SSSR count). The fraction of sp³-hybridized carbons (Fsp3) is 0.333. The number of aromatic amines is 1. The molecule has 0 amide bonds. The molecular weight excluding hydrogens is 312 g/mol. The highest BCUT2D eigenvalue weighted by Gasteiger charge is 2.14. The Morgan fingerprint density at radius 3 is 2.96 bits per heavy atom. The second-order valence-electron chi connectivity index (χ2n) is 5.35. The molecule has 2 aromatic heterocycles. The Balaban J connectivity index is 1.52. The van der Waals surface area contributed by atoms with Gasteiger partial charge in [0.05, 0.1) is 17.3 Å². The zero-order chi connectivity index (χ0) is 15.6. The summed E-state index contributed by atoms with van der Waals surface area (Å²) in [4.78, 5) is 6.85. The number of ether oxygens (including phenoxy) is 1. The van der Waals surface area contributed by atoms with Crippen molar-refractivity contribution in [2.45, 2.75) is 0 Å². The third-order valence-corrected chi connectivity index (χ3v) is 4.78. The largest absolute Gasteiger partial charge is 0.497 e. The first-order valence-electron chi connectivity index (χ1n) is 7.54. The van der Waals surface area contributed by atoms with Crippen LogP contribution in [0.25, 0.3) is 10.2 Å². The van der Waals surface area contributed by atoms with E-state index in [1.807, 2.05) is 24.3 Å². The van der Waals surface area contributed by atoms with E-state index in [0.29, 0.717) is 0 Å². The minimum Gasteiger partial charge on any atom is -0.497 e. The fourth-order valence-electron chi connectivity index (χ4n) is 2.63. The average Bonchev–Trinajstić information content (AvgIpc) is 3.21. The van der Waals surface area contributed by atoms with Crippen molar-refractivity contribution in [1.82, 2.24) is 20.5 Å². The molecule has 1 fully saturated rings. The maximum absolute atomic E-state index is 5.25. The summed E-state index contributed by atoms with van der Waals surface area (Å²) in [5, 5.41) is 14.9. The Labute approximate surface area is 137 Å². The summed E-state index contributed by atoms with van der Waals surface area (Å²) < 4.78 is 6.34. The summed E-state index contributed by atoms with van der Waals surface area (Å²) in [5.41, 5.74) is 0.958. The van der Waals surface area contributed by atoms with E-state index in [1.165, 1.54) is 0 Å². The van der Waals surface area contributed by atoms with E-state index in [0.717, 1.165) is 58.9 Å². The van der Waals surface area contributed by atoms with Gasteiger partial charge < -0.3 is 20.3 Å². The first-order chi connectivity index (χ1) is 11.3. The van der Waals surface area contributed by atoms with Crippen LogP contribution >= 0.6 is 11.3 Å². The lowest BCUT2D eigenvalue weighted by atomic mass is 10.3. The number of nitrogens with zero attached hydrogens (tertiary/aromatic N) is 3. The second-order valence-corrected chi connectivity index (χ2v) is 6.39. The monoisotopic (exact) mass is 330 g/mol. The summed E-state index contributed by atoms with van der Waals surface area (Å²) in [6, 6.07) is 7.91. The molecule has 1 saturated heterocycles. The van der Waals surface area contributed by atoms with Crippen molar-refractivity contribution < 1.29 is 4.74 Å². The number of anilines is 3. The van der Waals surface area contributed by atoms with Gasteiger partial charge in [-0.1, -0.05) is 11.3 Å². The minimum atomic E-state index is 0.837. The number of thiazole rings is 1. The second kappa shape index (κ2) is 6.05. The Bertz CT molecular complexity index is 807. The van der Waals surface area contributed by atoms with Crippen LogP contribution in [0.5, 0.6) is 5.75 Å². The lowest BCUT2D eigenvalue weighted by molar-refractivity contribution is 0.415. The Morgan fingerprint density at radius 2 is 2.13 bits per heavy atom. The number of piperazine rings is 1. The average molecular weight is 330 g/mol. The zero-order valence-corrected chi connectivity index (χ0v) is 13.6. The van der Waals surface area contributed by atoms with Crippen LogP contribution in [-0.2, 0) is 0 Å². The molecule has 7 nitrogen and oxygen atoms in total. The van der Waals surface area contributed by atoms with Crippen LogP contribution < -0.4 is 20.3 Å². The molecule has 3 heterocycles. The molecule has 120 valence electrons. The Morgan fingerprint density at radius 1 is 1.26 bits per heavy atom. The number of hydrogen-bond acceptors (Lipinski definition) is 7. The van der Waals surface area contributed by atoms with Crippen molar-refractivity contribution in [3.8, 4) is 5.75 Å². The smallest absolute Gasteiger partial charge is 0.189 e. The van der Waals surface area contributed by atoms with E-state index in [2.05, 4.69) is 30.7 Å². The molecule has 23 heavy (non-hydrogen) atoms. The van der Waals surface area contributed by atoms with Crippen LogP contribution in [0.3, 0.4) is 0 Å². The Hall–Kier alpha value is -2.32. The summed E-state index contributed by atoms with van der Waals surface area (Å²) >= 11 is 1.59. The number of aromatic nitrogens is 3. The maximum Gasteiger partial charge on any atom is 0.189 e. The molecule has 0 unspecified atom stereocenters. The summed E-state index contributed by atoms with van der Waals surface area (Å²) in [5.74, 6) is 2.66. The molecule has 8 heteroatoms. The van der Waals surface area contributed by atoms with Crippen LogP contribution in [0.1, 0.15) is 0 Å². The lowest BCUT2D eigenvalue weighted by Gasteiger charge is -2.26. The van der Waals surface area contributed by atoms with Crippen LogP contribution in [0.2, 0.25) is 0 Å². The molecule has 3 aromatic rings. The SMILES string of the molecule is COc1ccc2nc(Nc3cc(N4CCNCC4)n[nH]3)sc2c1. The van der Waals surface area contributed by atoms with E-state index in [4.69, 9.17) is 4.74 Å². The Kier molecular flexibility index (Phi) is 3.76. The molecule has 1 aromatic carbocycles. The molecule has 0 atom stereocenters. The fourth-order valence-corrected chi connectivity index (χ4v) is 3.54. The van der Waals surface area contributed by atoms with Gasteiger partial charge in [0.1, 0.15) is 11.6 Å². The van der Waals surface area contributed by atoms with Gasteiger partial charge in [-0.3, -0.25) is 5.10 Å². The zero-order valence-electron chi connectivity index (χ0n) is 12.8. The molecule has 3 N–H and O–H groups in total. The summed E-state index contributed by atoms with van der Waals surface area (Å²) in [7, 11) is 1.67. The molecule has 1 aliphatic heterocycles. The van der Waals surface area contributed by atoms with Crippen molar-refractivity contribution in [3.63, 3.8) is 0 Å². The van der Waals surface area contributed by atoms with Crippen molar-refractivity contribution in [1.29, 1.82) is 0 Å².